The minimum absolute atomic E-state index is 0.0108. The number of nitrogens with zero attached hydrogens (tertiary/aromatic N) is 1. The molecule has 23 heavy (non-hydrogen) atoms. The zero-order valence-electron chi connectivity index (χ0n) is 13.9. The molecule has 1 saturated heterocycles. The number of carbonyl (C=O) groups excluding carboxylic acids is 1. The van der Waals surface area contributed by atoms with Gasteiger partial charge in [-0.1, -0.05) is 49.4 Å². The number of amides is 2. The monoisotopic (exact) mass is 308 g/mol. The second-order valence-corrected chi connectivity index (χ2v) is 6.15. The number of urea groups is 1. The van der Waals surface area contributed by atoms with E-state index in [1.54, 1.807) is 0 Å². The fraction of sp³-hybridized carbons (Fsp3) is 0.350. The summed E-state index contributed by atoms with van der Waals surface area (Å²) in [5.41, 5.74) is 4.62. The lowest BCUT2D eigenvalue weighted by Gasteiger charge is -2.27. The molecule has 3 heteroatoms. The molecule has 1 fully saturated rings. The number of rotatable bonds is 3. The molecule has 0 spiro atoms. The van der Waals surface area contributed by atoms with Crippen LogP contribution in [-0.2, 0) is 6.42 Å². The van der Waals surface area contributed by atoms with Crippen LogP contribution in [0.3, 0.4) is 0 Å². The first-order valence-electron chi connectivity index (χ1n) is 8.41. The van der Waals surface area contributed by atoms with Crippen molar-refractivity contribution in [2.24, 2.45) is 0 Å². The number of benzene rings is 2. The lowest BCUT2D eigenvalue weighted by Crippen LogP contribution is -2.34. The van der Waals surface area contributed by atoms with Crippen LogP contribution in [0.4, 0.5) is 10.5 Å². The average Bonchev–Trinajstić information content (AvgIpc) is 3.05. The summed E-state index contributed by atoms with van der Waals surface area (Å²) in [5, 5.41) is 3.11. The maximum absolute atomic E-state index is 12.8. The van der Waals surface area contributed by atoms with Crippen molar-refractivity contribution in [1.82, 2.24) is 4.90 Å². The molecule has 0 aromatic heterocycles. The first-order valence-corrected chi connectivity index (χ1v) is 8.41. The molecule has 1 aliphatic rings. The Morgan fingerprint density at radius 1 is 1.17 bits per heavy atom. The fourth-order valence-electron chi connectivity index (χ4n) is 3.43. The van der Waals surface area contributed by atoms with Gasteiger partial charge in [-0.15, -0.1) is 0 Å². The number of anilines is 1. The molecule has 1 heterocycles. The van der Waals surface area contributed by atoms with Gasteiger partial charge in [-0.2, -0.15) is 0 Å². The summed E-state index contributed by atoms with van der Waals surface area (Å²) in [4.78, 5) is 14.8. The number of para-hydroxylation sites is 1. The van der Waals surface area contributed by atoms with Crippen molar-refractivity contribution in [3.8, 4) is 0 Å². The van der Waals surface area contributed by atoms with E-state index < -0.39 is 0 Å². The zero-order valence-corrected chi connectivity index (χ0v) is 13.9. The van der Waals surface area contributed by atoms with Crippen LogP contribution in [0.15, 0.2) is 48.5 Å². The third-order valence-electron chi connectivity index (χ3n) is 4.70. The molecule has 0 saturated carbocycles. The molecule has 120 valence electrons. The van der Waals surface area contributed by atoms with Crippen molar-refractivity contribution < 1.29 is 4.79 Å². The molecule has 1 N–H and O–H groups in total. The molecule has 0 bridgehead atoms. The van der Waals surface area contributed by atoms with Gasteiger partial charge in [0.15, 0.2) is 0 Å². The van der Waals surface area contributed by atoms with Crippen molar-refractivity contribution in [1.29, 1.82) is 0 Å². The predicted octanol–water partition coefficient (Wildman–Crippen LogP) is 4.93. The summed E-state index contributed by atoms with van der Waals surface area (Å²) in [6, 6.07) is 16.6. The normalized spacial score (nSPS) is 17.3. The molecule has 0 radical (unpaired) electrons. The lowest BCUT2D eigenvalue weighted by atomic mass is 9.99. The molecule has 0 unspecified atom stereocenters. The summed E-state index contributed by atoms with van der Waals surface area (Å²) in [5.74, 6) is 0. The SMILES string of the molecule is CCc1ccccc1NC(=O)N1CCC[C@@H]1c1ccccc1C. The van der Waals surface area contributed by atoms with Gasteiger partial charge in [0.25, 0.3) is 0 Å². The zero-order chi connectivity index (χ0) is 16.2. The highest BCUT2D eigenvalue weighted by Crippen LogP contribution is 2.34. The van der Waals surface area contributed by atoms with E-state index in [1.165, 1.54) is 16.7 Å². The highest BCUT2D eigenvalue weighted by molar-refractivity contribution is 5.90. The molecule has 1 atom stereocenters. The van der Waals surface area contributed by atoms with Gasteiger partial charge in [-0.05, 0) is 48.9 Å². The van der Waals surface area contributed by atoms with Crippen LogP contribution in [0.25, 0.3) is 0 Å². The second kappa shape index (κ2) is 6.86. The highest BCUT2D eigenvalue weighted by atomic mass is 16.2. The minimum atomic E-state index is 0.0108. The summed E-state index contributed by atoms with van der Waals surface area (Å²) in [6.07, 6.45) is 3.01. The van der Waals surface area contributed by atoms with E-state index >= 15 is 0 Å². The predicted molar refractivity (Wildman–Crippen MR) is 94.7 cm³/mol. The minimum Gasteiger partial charge on any atom is -0.317 e. The maximum atomic E-state index is 12.8. The standard InChI is InChI=1S/C20H24N2O/c1-3-16-10-5-7-12-18(16)21-20(23)22-14-8-13-19(22)17-11-6-4-9-15(17)2/h4-7,9-12,19H,3,8,13-14H2,1-2H3,(H,21,23)/t19-/m1/s1. The van der Waals surface area contributed by atoms with E-state index in [0.717, 1.165) is 31.5 Å². The molecule has 0 aliphatic carbocycles. The molecule has 1 aliphatic heterocycles. The first-order chi connectivity index (χ1) is 11.2. The van der Waals surface area contributed by atoms with Gasteiger partial charge >= 0.3 is 6.03 Å². The van der Waals surface area contributed by atoms with E-state index in [-0.39, 0.29) is 12.1 Å². The Morgan fingerprint density at radius 3 is 2.70 bits per heavy atom. The molecular formula is C20H24N2O. The van der Waals surface area contributed by atoms with Gasteiger partial charge in [0.1, 0.15) is 0 Å². The summed E-state index contributed by atoms with van der Waals surface area (Å²) < 4.78 is 0. The van der Waals surface area contributed by atoms with Crippen molar-refractivity contribution in [2.45, 2.75) is 39.2 Å². The maximum Gasteiger partial charge on any atom is 0.322 e. The number of hydrogen-bond acceptors (Lipinski definition) is 1. The number of nitrogens with one attached hydrogen (secondary N) is 1. The smallest absolute Gasteiger partial charge is 0.317 e. The Labute approximate surface area is 138 Å². The Kier molecular flexibility index (Phi) is 4.65. The van der Waals surface area contributed by atoms with Crippen LogP contribution in [0.5, 0.6) is 0 Å². The van der Waals surface area contributed by atoms with E-state index in [2.05, 4.69) is 49.5 Å². The van der Waals surface area contributed by atoms with Gasteiger partial charge in [0.2, 0.25) is 0 Å². The number of likely N-dealkylation sites (tertiary alicyclic amines) is 1. The fourth-order valence-corrected chi connectivity index (χ4v) is 3.43. The van der Waals surface area contributed by atoms with Gasteiger partial charge in [-0.3, -0.25) is 0 Å². The summed E-state index contributed by atoms with van der Waals surface area (Å²) >= 11 is 0. The van der Waals surface area contributed by atoms with Gasteiger partial charge < -0.3 is 10.2 Å². The molecule has 2 aromatic rings. The number of aryl methyl sites for hydroxylation is 2. The molecule has 2 aromatic carbocycles. The van der Waals surface area contributed by atoms with Gasteiger partial charge in [0.05, 0.1) is 6.04 Å². The molecule has 2 amide bonds. The van der Waals surface area contributed by atoms with Crippen LogP contribution in [0, 0.1) is 6.92 Å². The van der Waals surface area contributed by atoms with E-state index in [9.17, 15) is 4.79 Å². The summed E-state index contributed by atoms with van der Waals surface area (Å²) in [6.45, 7) is 5.05. The highest BCUT2D eigenvalue weighted by Gasteiger charge is 2.30. The number of hydrogen-bond donors (Lipinski definition) is 1. The van der Waals surface area contributed by atoms with Gasteiger partial charge in [-0.25, -0.2) is 4.79 Å². The number of carbonyl (C=O) groups is 1. The van der Waals surface area contributed by atoms with Crippen LogP contribution >= 0.6 is 0 Å². The Balaban J connectivity index is 1.80. The van der Waals surface area contributed by atoms with E-state index in [1.807, 2.05) is 23.1 Å². The van der Waals surface area contributed by atoms with Crippen molar-refractivity contribution in [3.63, 3.8) is 0 Å². The third kappa shape index (κ3) is 3.24. The first kappa shape index (κ1) is 15.6. The average molecular weight is 308 g/mol. The Hall–Kier alpha value is -2.29. The van der Waals surface area contributed by atoms with Crippen LogP contribution in [-0.4, -0.2) is 17.5 Å². The second-order valence-electron chi connectivity index (χ2n) is 6.15. The quantitative estimate of drug-likeness (QED) is 0.857. The topological polar surface area (TPSA) is 32.3 Å². The Morgan fingerprint density at radius 2 is 1.91 bits per heavy atom. The lowest BCUT2D eigenvalue weighted by molar-refractivity contribution is 0.207. The third-order valence-corrected chi connectivity index (χ3v) is 4.70. The van der Waals surface area contributed by atoms with Crippen molar-refractivity contribution in [3.05, 3.63) is 65.2 Å². The molecule has 3 rings (SSSR count). The van der Waals surface area contributed by atoms with Crippen molar-refractivity contribution in [2.75, 3.05) is 11.9 Å². The molecular weight excluding hydrogens is 284 g/mol. The van der Waals surface area contributed by atoms with Crippen LogP contribution in [0.2, 0.25) is 0 Å². The molecule has 3 nitrogen and oxygen atoms in total. The van der Waals surface area contributed by atoms with E-state index in [0.29, 0.717) is 0 Å². The Bertz CT molecular complexity index is 696. The van der Waals surface area contributed by atoms with Gasteiger partial charge in [0, 0.05) is 12.2 Å². The van der Waals surface area contributed by atoms with Crippen molar-refractivity contribution >= 4 is 11.7 Å². The van der Waals surface area contributed by atoms with Crippen LogP contribution in [0.1, 0.15) is 42.5 Å². The van der Waals surface area contributed by atoms with E-state index in [4.69, 9.17) is 0 Å². The largest absolute Gasteiger partial charge is 0.322 e. The van der Waals surface area contributed by atoms with Crippen LogP contribution < -0.4 is 5.32 Å². The summed E-state index contributed by atoms with van der Waals surface area (Å²) in [7, 11) is 0.